The molecule has 0 heterocycles. The lowest BCUT2D eigenvalue weighted by atomic mass is 10.2. The molecule has 0 fully saturated rings. The van der Waals surface area contributed by atoms with Crippen LogP contribution in [0.4, 0.5) is 13.2 Å². The molecule has 0 unspecified atom stereocenters. The van der Waals surface area contributed by atoms with Crippen molar-refractivity contribution in [3.63, 3.8) is 0 Å². The minimum Gasteiger partial charge on any atom is -0.490 e. The molecule has 0 saturated carbocycles. The third-order valence-electron chi connectivity index (χ3n) is 3.87. The highest BCUT2D eigenvalue weighted by molar-refractivity contribution is 9.10. The highest BCUT2D eigenvalue weighted by Crippen LogP contribution is 2.37. The van der Waals surface area contributed by atoms with Gasteiger partial charge in [0.05, 0.1) is 16.6 Å². The molecule has 0 bridgehead atoms. The van der Waals surface area contributed by atoms with Crippen molar-refractivity contribution in [1.82, 2.24) is 0 Å². The molecule has 0 amide bonds. The molecule has 0 N–H and O–H groups in total. The third kappa shape index (κ3) is 5.28. The van der Waals surface area contributed by atoms with Crippen LogP contribution in [0.3, 0.4) is 0 Å². The molecule has 1 aromatic carbocycles. The molecule has 1 rings (SSSR count). The van der Waals surface area contributed by atoms with Crippen LogP contribution in [0.1, 0.15) is 26.3 Å². The summed E-state index contributed by atoms with van der Waals surface area (Å²) in [6, 6.07) is 3.35. The second-order valence-electron chi connectivity index (χ2n) is 6.60. The quantitative estimate of drug-likeness (QED) is 0.456. The molecule has 0 aliphatic rings. The second kappa shape index (κ2) is 6.92. The Morgan fingerprint density at radius 3 is 2.14 bits per heavy atom. The first kappa shape index (κ1) is 19.5. The maximum Gasteiger partial charge on any atom is 0.416 e. The fourth-order valence-corrected chi connectivity index (χ4v) is 2.98. The Labute approximate surface area is 139 Å². The molecular weight excluding hydrogens is 377 g/mol. The van der Waals surface area contributed by atoms with Crippen molar-refractivity contribution in [2.24, 2.45) is 0 Å². The smallest absolute Gasteiger partial charge is 0.416 e. The van der Waals surface area contributed by atoms with E-state index in [0.29, 0.717) is 19.0 Å². The zero-order chi connectivity index (χ0) is 17.2. The van der Waals surface area contributed by atoms with E-state index in [4.69, 9.17) is 9.16 Å². The van der Waals surface area contributed by atoms with Gasteiger partial charge in [0.15, 0.2) is 8.32 Å². The summed E-state index contributed by atoms with van der Waals surface area (Å²) < 4.78 is 49.5. The van der Waals surface area contributed by atoms with Gasteiger partial charge in [-0.05, 0) is 52.3 Å². The van der Waals surface area contributed by atoms with E-state index in [1.165, 1.54) is 6.07 Å². The molecule has 7 heteroatoms. The third-order valence-corrected chi connectivity index (χ3v) is 9.03. The van der Waals surface area contributed by atoms with Crippen LogP contribution < -0.4 is 4.74 Å². The lowest BCUT2D eigenvalue weighted by Gasteiger charge is -2.36. The minimum atomic E-state index is -4.35. The topological polar surface area (TPSA) is 18.5 Å². The van der Waals surface area contributed by atoms with Gasteiger partial charge in [0.2, 0.25) is 0 Å². The van der Waals surface area contributed by atoms with Crippen LogP contribution >= 0.6 is 15.9 Å². The molecule has 0 saturated heterocycles. The van der Waals surface area contributed by atoms with Gasteiger partial charge in [-0.3, -0.25) is 0 Å². The van der Waals surface area contributed by atoms with Gasteiger partial charge in [-0.2, -0.15) is 13.2 Å². The average Bonchev–Trinajstić information content (AvgIpc) is 2.33. The molecule has 0 radical (unpaired) electrons. The number of rotatable bonds is 5. The molecule has 0 aromatic heterocycles. The molecule has 1 aromatic rings. The number of benzene rings is 1. The van der Waals surface area contributed by atoms with Gasteiger partial charge in [-0.25, -0.2) is 0 Å². The van der Waals surface area contributed by atoms with E-state index in [0.717, 1.165) is 12.1 Å². The lowest BCUT2D eigenvalue weighted by molar-refractivity contribution is -0.137. The minimum absolute atomic E-state index is 0.113. The van der Waals surface area contributed by atoms with Gasteiger partial charge in [0.25, 0.3) is 0 Å². The predicted octanol–water partition coefficient (Wildman–Crippen LogP) is 5.87. The Balaban J connectivity index is 2.57. The molecular formula is C15H22BrF3O2Si. The Morgan fingerprint density at radius 2 is 1.68 bits per heavy atom. The van der Waals surface area contributed by atoms with Gasteiger partial charge in [-0.1, -0.05) is 20.8 Å². The summed E-state index contributed by atoms with van der Waals surface area (Å²) in [7, 11) is -1.83. The first-order chi connectivity index (χ1) is 9.84. The maximum atomic E-state index is 12.6. The Bertz CT molecular complexity index is 510. The Hall–Kier alpha value is -0.533. The predicted molar refractivity (Wildman–Crippen MR) is 87.8 cm³/mol. The molecule has 0 aliphatic heterocycles. The molecule has 22 heavy (non-hydrogen) atoms. The summed E-state index contributed by atoms with van der Waals surface area (Å²) in [4.78, 5) is 0. The highest BCUT2D eigenvalue weighted by atomic mass is 79.9. The molecule has 126 valence electrons. The lowest BCUT2D eigenvalue weighted by Crippen LogP contribution is -2.41. The van der Waals surface area contributed by atoms with Crippen molar-refractivity contribution in [3.8, 4) is 5.75 Å². The van der Waals surface area contributed by atoms with Gasteiger partial charge in [0, 0.05) is 0 Å². The van der Waals surface area contributed by atoms with Crippen molar-refractivity contribution < 1.29 is 22.3 Å². The number of hydrogen-bond acceptors (Lipinski definition) is 2. The van der Waals surface area contributed by atoms with Crippen molar-refractivity contribution in [2.45, 2.75) is 45.1 Å². The number of halogens is 4. The zero-order valence-electron chi connectivity index (χ0n) is 13.5. The van der Waals surface area contributed by atoms with Crippen LogP contribution in [0.5, 0.6) is 5.75 Å². The zero-order valence-corrected chi connectivity index (χ0v) is 16.1. The van der Waals surface area contributed by atoms with E-state index in [2.05, 4.69) is 49.8 Å². The second-order valence-corrected chi connectivity index (χ2v) is 12.3. The van der Waals surface area contributed by atoms with E-state index >= 15 is 0 Å². The molecule has 2 nitrogen and oxygen atoms in total. The summed E-state index contributed by atoms with van der Waals surface area (Å²) >= 11 is 3.11. The fraction of sp³-hybridized carbons (Fsp3) is 0.600. The standard InChI is InChI=1S/C15H22BrF3O2Si/c1-14(2,3)22(4,5)21-9-8-20-13-7-6-11(10-12(13)16)15(17,18)19/h6-7,10H,8-9H2,1-5H3. The summed E-state index contributed by atoms with van der Waals surface area (Å²) in [5.74, 6) is 0.381. The SMILES string of the molecule is CC(C)(C)[Si](C)(C)OCCOc1ccc(C(F)(F)F)cc1Br. The summed E-state index contributed by atoms with van der Waals surface area (Å²) in [6.45, 7) is 11.4. The average molecular weight is 399 g/mol. The van der Waals surface area contributed by atoms with Crippen LogP contribution in [0.15, 0.2) is 22.7 Å². The van der Waals surface area contributed by atoms with E-state index in [-0.39, 0.29) is 9.51 Å². The van der Waals surface area contributed by atoms with Crippen LogP contribution in [-0.2, 0) is 10.6 Å². The Morgan fingerprint density at radius 1 is 1.09 bits per heavy atom. The number of ether oxygens (including phenoxy) is 1. The van der Waals surface area contributed by atoms with E-state index < -0.39 is 20.1 Å². The van der Waals surface area contributed by atoms with Gasteiger partial charge in [0.1, 0.15) is 12.4 Å². The van der Waals surface area contributed by atoms with E-state index in [9.17, 15) is 13.2 Å². The summed E-state index contributed by atoms with van der Waals surface area (Å²) in [6.07, 6.45) is -4.35. The number of hydrogen-bond donors (Lipinski definition) is 0. The number of alkyl halides is 3. The molecule has 0 aliphatic carbocycles. The first-order valence-electron chi connectivity index (χ1n) is 6.98. The first-order valence-corrected chi connectivity index (χ1v) is 10.7. The van der Waals surface area contributed by atoms with E-state index in [1.54, 1.807) is 0 Å². The van der Waals surface area contributed by atoms with Crippen LogP contribution in [0.25, 0.3) is 0 Å². The summed E-state index contributed by atoms with van der Waals surface area (Å²) in [5.41, 5.74) is -0.704. The maximum absolute atomic E-state index is 12.6. The fourth-order valence-electron chi connectivity index (χ4n) is 1.46. The van der Waals surface area contributed by atoms with Crippen LogP contribution in [-0.4, -0.2) is 21.5 Å². The Kier molecular flexibility index (Phi) is 6.14. The monoisotopic (exact) mass is 398 g/mol. The van der Waals surface area contributed by atoms with Gasteiger partial charge < -0.3 is 9.16 Å². The molecule has 0 atom stereocenters. The van der Waals surface area contributed by atoms with Crippen LogP contribution in [0.2, 0.25) is 18.1 Å². The molecule has 0 spiro atoms. The van der Waals surface area contributed by atoms with Crippen molar-refractivity contribution in [3.05, 3.63) is 28.2 Å². The summed E-state index contributed by atoms with van der Waals surface area (Å²) in [5, 5.41) is 0.113. The van der Waals surface area contributed by atoms with Gasteiger partial charge in [-0.15, -0.1) is 0 Å². The highest BCUT2D eigenvalue weighted by Gasteiger charge is 2.37. The van der Waals surface area contributed by atoms with Crippen molar-refractivity contribution >= 4 is 24.2 Å². The van der Waals surface area contributed by atoms with Crippen LogP contribution in [0, 0.1) is 0 Å². The van der Waals surface area contributed by atoms with Gasteiger partial charge >= 0.3 is 6.18 Å². The van der Waals surface area contributed by atoms with Crippen molar-refractivity contribution in [2.75, 3.05) is 13.2 Å². The largest absolute Gasteiger partial charge is 0.490 e. The van der Waals surface area contributed by atoms with E-state index in [1.807, 2.05) is 0 Å². The normalized spacial score (nSPS) is 13.3. The van der Waals surface area contributed by atoms with Crippen molar-refractivity contribution in [1.29, 1.82) is 0 Å².